The van der Waals surface area contributed by atoms with E-state index in [4.69, 9.17) is 21.8 Å². The number of nitrogens with one attached hydrogen (secondary N) is 1. The van der Waals surface area contributed by atoms with Gasteiger partial charge in [0.15, 0.2) is 5.78 Å². The Kier molecular flexibility index (Phi) is 7.51. The molecule has 1 aromatic heterocycles. The van der Waals surface area contributed by atoms with Gasteiger partial charge in [0.2, 0.25) is 0 Å². The number of ketones is 1. The molecule has 166 valence electrons. The van der Waals surface area contributed by atoms with E-state index in [9.17, 15) is 4.79 Å². The van der Waals surface area contributed by atoms with Gasteiger partial charge in [-0.2, -0.15) is 0 Å². The van der Waals surface area contributed by atoms with E-state index in [2.05, 4.69) is 10.1 Å². The summed E-state index contributed by atoms with van der Waals surface area (Å²) < 4.78 is 0.623. The summed E-state index contributed by atoms with van der Waals surface area (Å²) in [5.41, 5.74) is 2.22. The Labute approximate surface area is 192 Å². The summed E-state index contributed by atoms with van der Waals surface area (Å²) in [6, 6.07) is 11.4. The molecule has 0 amide bonds. The Balaban J connectivity index is 1.55. The molecule has 0 saturated heterocycles. The Morgan fingerprint density at radius 3 is 2.52 bits per heavy atom. The second-order valence-corrected chi connectivity index (χ2v) is 10.1. The first-order chi connectivity index (χ1) is 14.7. The molecule has 1 aliphatic heterocycles. The lowest BCUT2D eigenvalue weighted by atomic mass is 9.90. The molecule has 1 aromatic carbocycles. The number of Topliss-reactive ketones (excluding diaryl/α,β-unsaturated/α-hetero) is 1. The number of hydrogen-bond acceptors (Lipinski definition) is 6. The van der Waals surface area contributed by atoms with Crippen LogP contribution in [0.2, 0.25) is 4.34 Å². The fraction of sp³-hybridized carbons (Fsp3) is 0.435. The van der Waals surface area contributed by atoms with Crippen molar-refractivity contribution in [3.63, 3.8) is 0 Å². The molecule has 1 unspecified atom stereocenters. The fourth-order valence-corrected chi connectivity index (χ4v) is 4.35. The highest BCUT2D eigenvalue weighted by atomic mass is 35.5. The number of carbonyl (C=O) groups is 1. The van der Waals surface area contributed by atoms with Crippen LogP contribution in [0.3, 0.4) is 0 Å². The number of thiophene rings is 1. The zero-order chi connectivity index (χ0) is 22.6. The van der Waals surface area contributed by atoms with Crippen LogP contribution in [0.1, 0.15) is 47.0 Å². The van der Waals surface area contributed by atoms with Gasteiger partial charge in [-0.3, -0.25) is 10.2 Å². The minimum atomic E-state index is -0.496. The number of rotatable bonds is 9. The van der Waals surface area contributed by atoms with Gasteiger partial charge >= 0.3 is 0 Å². The molecule has 0 fully saturated rings. The number of likely N-dealkylation sites (N-methyl/N-ethyl adjacent to an activating group) is 2. The number of oxime groups is 1. The smallest absolute Gasteiger partial charge is 0.172 e. The number of carbonyl (C=O) groups excluding carboxylic acids is 1. The van der Waals surface area contributed by atoms with Crippen molar-refractivity contribution in [3.8, 4) is 0 Å². The average Bonchev–Trinajstić information content (AvgIpc) is 3.36. The van der Waals surface area contributed by atoms with Gasteiger partial charge in [-0.05, 0) is 45.1 Å². The number of amidine groups is 1. The molecule has 2 aromatic rings. The Morgan fingerprint density at radius 1 is 1.19 bits per heavy atom. The van der Waals surface area contributed by atoms with E-state index in [-0.39, 0.29) is 5.78 Å². The van der Waals surface area contributed by atoms with Gasteiger partial charge < -0.3 is 14.6 Å². The molecule has 0 saturated carbocycles. The number of hydrogen-bond donors (Lipinski definition) is 1. The Bertz CT molecular complexity index is 970. The first kappa shape index (κ1) is 23.4. The first-order valence-electron chi connectivity index (χ1n) is 10.3. The highest BCUT2D eigenvalue weighted by Gasteiger charge is 2.35. The highest BCUT2D eigenvalue weighted by Crippen LogP contribution is 2.32. The van der Waals surface area contributed by atoms with Crippen LogP contribution < -0.4 is 0 Å². The largest absolute Gasteiger partial charge is 0.389 e. The van der Waals surface area contributed by atoms with E-state index in [1.54, 1.807) is 12.1 Å². The molecule has 0 radical (unpaired) electrons. The second-order valence-electron chi connectivity index (χ2n) is 8.43. The molecule has 31 heavy (non-hydrogen) atoms. The number of benzene rings is 1. The normalized spacial score (nSPS) is 18.1. The lowest BCUT2D eigenvalue weighted by molar-refractivity contribution is -0.0103. The van der Waals surface area contributed by atoms with E-state index in [1.165, 1.54) is 11.3 Å². The van der Waals surface area contributed by atoms with E-state index in [0.717, 1.165) is 29.9 Å². The predicted octanol–water partition coefficient (Wildman–Crippen LogP) is 4.77. The van der Waals surface area contributed by atoms with Crippen molar-refractivity contribution in [2.45, 2.75) is 31.8 Å². The standard InChI is InChI=1S/C23H29ClN4O2S/c1-23(12-11-19(29)20-9-10-21(24)31-20)15-18(26-30-23)16-5-7-17(8-6-16)22(25)28(4)14-13-27(2)3/h5-10,25H,11-15H2,1-4H3. The third kappa shape index (κ3) is 6.15. The monoisotopic (exact) mass is 460 g/mol. The molecule has 0 spiro atoms. The Hall–Kier alpha value is -2.22. The summed E-state index contributed by atoms with van der Waals surface area (Å²) in [5, 5.41) is 12.7. The summed E-state index contributed by atoms with van der Waals surface area (Å²) in [6.07, 6.45) is 1.63. The quantitative estimate of drug-likeness (QED) is 0.332. The summed E-state index contributed by atoms with van der Waals surface area (Å²) in [4.78, 5) is 22.8. The molecule has 2 heterocycles. The number of nitrogens with zero attached hydrogens (tertiary/aromatic N) is 3. The van der Waals surface area contributed by atoms with Crippen molar-refractivity contribution in [1.29, 1.82) is 5.41 Å². The lowest BCUT2D eigenvalue weighted by Crippen LogP contribution is -2.33. The van der Waals surface area contributed by atoms with E-state index < -0.39 is 5.60 Å². The van der Waals surface area contributed by atoms with Crippen molar-refractivity contribution in [1.82, 2.24) is 9.80 Å². The SMILES string of the molecule is CN(C)CCN(C)C(=N)c1ccc(C2=NOC(C)(CCC(=O)c3ccc(Cl)s3)C2)cc1. The maximum atomic E-state index is 12.4. The molecule has 3 rings (SSSR count). The van der Waals surface area contributed by atoms with Gasteiger partial charge in [0, 0.05) is 38.5 Å². The molecular formula is C23H29ClN4O2S. The number of halogens is 1. The van der Waals surface area contributed by atoms with Crippen molar-refractivity contribution in [2.24, 2.45) is 5.16 Å². The highest BCUT2D eigenvalue weighted by molar-refractivity contribution is 7.18. The van der Waals surface area contributed by atoms with Gasteiger partial charge in [0.25, 0.3) is 0 Å². The van der Waals surface area contributed by atoms with Crippen LogP contribution in [0.4, 0.5) is 0 Å². The van der Waals surface area contributed by atoms with Crippen molar-refractivity contribution < 1.29 is 9.63 Å². The maximum absolute atomic E-state index is 12.4. The van der Waals surface area contributed by atoms with E-state index >= 15 is 0 Å². The molecule has 6 nitrogen and oxygen atoms in total. The maximum Gasteiger partial charge on any atom is 0.172 e. The molecule has 1 atom stereocenters. The summed E-state index contributed by atoms with van der Waals surface area (Å²) >= 11 is 7.24. The average molecular weight is 461 g/mol. The van der Waals surface area contributed by atoms with Crippen LogP contribution in [0.25, 0.3) is 0 Å². The summed E-state index contributed by atoms with van der Waals surface area (Å²) in [5.74, 6) is 0.575. The van der Waals surface area contributed by atoms with Crippen LogP contribution >= 0.6 is 22.9 Å². The molecule has 1 N–H and O–H groups in total. The summed E-state index contributed by atoms with van der Waals surface area (Å²) in [7, 11) is 5.99. The van der Waals surface area contributed by atoms with Gasteiger partial charge in [0.05, 0.1) is 14.9 Å². The molecule has 8 heteroatoms. The lowest BCUT2D eigenvalue weighted by Gasteiger charge is -2.22. The molecule has 1 aliphatic rings. The topological polar surface area (TPSA) is 69.0 Å². The zero-order valence-electron chi connectivity index (χ0n) is 18.4. The molecule has 0 bridgehead atoms. The minimum Gasteiger partial charge on any atom is -0.389 e. The fourth-order valence-electron chi connectivity index (χ4n) is 3.34. The van der Waals surface area contributed by atoms with Crippen LogP contribution in [0, 0.1) is 5.41 Å². The summed E-state index contributed by atoms with van der Waals surface area (Å²) in [6.45, 7) is 3.68. The molecule has 0 aliphatic carbocycles. The third-order valence-corrected chi connectivity index (χ3v) is 6.67. The molecular weight excluding hydrogens is 432 g/mol. The Morgan fingerprint density at radius 2 is 1.90 bits per heavy atom. The van der Waals surface area contributed by atoms with Crippen LogP contribution in [-0.4, -0.2) is 67.0 Å². The van der Waals surface area contributed by atoms with Crippen molar-refractivity contribution >= 4 is 40.3 Å². The van der Waals surface area contributed by atoms with Crippen molar-refractivity contribution in [3.05, 3.63) is 56.7 Å². The van der Waals surface area contributed by atoms with Gasteiger partial charge in [-0.1, -0.05) is 41.0 Å². The first-order valence-corrected chi connectivity index (χ1v) is 11.5. The minimum absolute atomic E-state index is 0.0800. The zero-order valence-corrected chi connectivity index (χ0v) is 20.0. The van der Waals surface area contributed by atoms with Crippen LogP contribution in [0.15, 0.2) is 41.6 Å². The van der Waals surface area contributed by atoms with E-state index in [1.807, 2.05) is 57.2 Å². The third-order valence-electron chi connectivity index (χ3n) is 5.40. The predicted molar refractivity (Wildman–Crippen MR) is 128 cm³/mol. The van der Waals surface area contributed by atoms with Crippen LogP contribution in [0.5, 0.6) is 0 Å². The van der Waals surface area contributed by atoms with Crippen LogP contribution in [-0.2, 0) is 4.84 Å². The van der Waals surface area contributed by atoms with Gasteiger partial charge in [-0.15, -0.1) is 11.3 Å². The van der Waals surface area contributed by atoms with Gasteiger partial charge in [0.1, 0.15) is 11.4 Å². The second kappa shape index (κ2) is 9.94. The van der Waals surface area contributed by atoms with Crippen molar-refractivity contribution in [2.75, 3.05) is 34.2 Å². The van der Waals surface area contributed by atoms with E-state index in [0.29, 0.717) is 34.3 Å². The van der Waals surface area contributed by atoms with Gasteiger partial charge in [-0.25, -0.2) is 0 Å².